The monoisotopic (exact) mass is 192 g/mol. The standard InChI is InChI=1S/C10H12N2O2/c1-2-4-9-10(14-8-7-13-9)12-6-3-5-11-12/h2-3,5,7-8,11H,1,4,6H2. The third-order valence-electron chi connectivity index (χ3n) is 1.90. The van der Waals surface area contributed by atoms with Crippen LogP contribution in [0.15, 0.2) is 49.1 Å². The van der Waals surface area contributed by atoms with E-state index < -0.39 is 0 Å². The molecule has 2 aliphatic rings. The third kappa shape index (κ3) is 1.59. The van der Waals surface area contributed by atoms with Crippen LogP contribution in [-0.2, 0) is 9.47 Å². The highest BCUT2D eigenvalue weighted by molar-refractivity contribution is 5.11. The fourth-order valence-electron chi connectivity index (χ4n) is 1.29. The van der Waals surface area contributed by atoms with E-state index in [-0.39, 0.29) is 0 Å². The van der Waals surface area contributed by atoms with Gasteiger partial charge in [0.2, 0.25) is 0 Å². The molecular formula is C10H12N2O2. The topological polar surface area (TPSA) is 33.7 Å². The Labute approximate surface area is 82.8 Å². The smallest absolute Gasteiger partial charge is 0.253 e. The molecule has 74 valence electrons. The first-order chi connectivity index (χ1) is 6.92. The highest BCUT2D eigenvalue weighted by Crippen LogP contribution is 2.21. The maximum absolute atomic E-state index is 5.38. The van der Waals surface area contributed by atoms with Crippen LogP contribution in [0, 0.1) is 0 Å². The first-order valence-corrected chi connectivity index (χ1v) is 4.43. The van der Waals surface area contributed by atoms with E-state index in [4.69, 9.17) is 9.47 Å². The molecule has 14 heavy (non-hydrogen) atoms. The van der Waals surface area contributed by atoms with Crippen molar-refractivity contribution in [2.24, 2.45) is 0 Å². The average Bonchev–Trinajstić information content (AvgIpc) is 2.72. The molecule has 0 amide bonds. The lowest BCUT2D eigenvalue weighted by Gasteiger charge is -2.24. The second-order valence-corrected chi connectivity index (χ2v) is 2.87. The lowest BCUT2D eigenvalue weighted by molar-refractivity contribution is 0.119. The van der Waals surface area contributed by atoms with Crippen LogP contribution < -0.4 is 5.43 Å². The Kier molecular flexibility index (Phi) is 2.44. The van der Waals surface area contributed by atoms with Crippen LogP contribution >= 0.6 is 0 Å². The highest BCUT2D eigenvalue weighted by atomic mass is 16.6. The number of hydrazine groups is 1. The molecule has 0 spiro atoms. The van der Waals surface area contributed by atoms with Gasteiger partial charge in [0.05, 0.1) is 6.54 Å². The Morgan fingerprint density at radius 1 is 1.50 bits per heavy atom. The van der Waals surface area contributed by atoms with Crippen molar-refractivity contribution in [3.05, 3.63) is 49.1 Å². The molecule has 2 heterocycles. The summed E-state index contributed by atoms with van der Waals surface area (Å²) in [5, 5.41) is 1.86. The van der Waals surface area contributed by atoms with Crippen LogP contribution in [0.4, 0.5) is 0 Å². The van der Waals surface area contributed by atoms with E-state index in [9.17, 15) is 0 Å². The van der Waals surface area contributed by atoms with E-state index in [1.54, 1.807) is 6.08 Å². The summed E-state index contributed by atoms with van der Waals surface area (Å²) in [4.78, 5) is 0. The number of allylic oxidation sites excluding steroid dienone is 1. The highest BCUT2D eigenvalue weighted by Gasteiger charge is 2.19. The predicted octanol–water partition coefficient (Wildman–Crippen LogP) is 1.58. The Balaban J connectivity index is 2.14. The Morgan fingerprint density at radius 2 is 2.36 bits per heavy atom. The van der Waals surface area contributed by atoms with Gasteiger partial charge in [-0.3, -0.25) is 5.01 Å². The number of hydrogen-bond acceptors (Lipinski definition) is 4. The first-order valence-electron chi connectivity index (χ1n) is 4.43. The summed E-state index contributed by atoms with van der Waals surface area (Å²) in [7, 11) is 0. The van der Waals surface area contributed by atoms with Gasteiger partial charge in [-0.05, 0) is 6.08 Å². The summed E-state index contributed by atoms with van der Waals surface area (Å²) in [6.45, 7) is 4.44. The minimum Gasteiger partial charge on any atom is -0.460 e. The van der Waals surface area contributed by atoms with Crippen molar-refractivity contribution in [1.82, 2.24) is 10.4 Å². The van der Waals surface area contributed by atoms with Crippen LogP contribution in [0.25, 0.3) is 0 Å². The maximum atomic E-state index is 5.38. The summed E-state index contributed by atoms with van der Waals surface area (Å²) < 4.78 is 10.7. The zero-order valence-electron chi connectivity index (χ0n) is 7.77. The van der Waals surface area contributed by atoms with E-state index in [1.807, 2.05) is 17.3 Å². The van der Waals surface area contributed by atoms with Gasteiger partial charge in [-0.2, -0.15) is 0 Å². The summed E-state index contributed by atoms with van der Waals surface area (Å²) >= 11 is 0. The molecule has 0 unspecified atom stereocenters. The molecule has 0 aromatic carbocycles. The van der Waals surface area contributed by atoms with Crippen molar-refractivity contribution in [2.45, 2.75) is 6.42 Å². The van der Waals surface area contributed by atoms with Crippen LogP contribution in [-0.4, -0.2) is 11.6 Å². The molecule has 0 aliphatic carbocycles. The predicted molar refractivity (Wildman–Crippen MR) is 52.1 cm³/mol. The Morgan fingerprint density at radius 3 is 3.07 bits per heavy atom. The van der Waals surface area contributed by atoms with Gasteiger partial charge in [-0.25, -0.2) is 0 Å². The molecule has 0 radical (unpaired) electrons. The zero-order valence-corrected chi connectivity index (χ0v) is 7.77. The van der Waals surface area contributed by atoms with Crippen molar-refractivity contribution in [3.8, 4) is 0 Å². The number of rotatable bonds is 3. The summed E-state index contributed by atoms with van der Waals surface area (Å²) in [5.74, 6) is 1.45. The molecule has 0 aromatic heterocycles. The molecule has 2 rings (SSSR count). The lowest BCUT2D eigenvalue weighted by atomic mass is 10.3. The molecule has 0 saturated carbocycles. The van der Waals surface area contributed by atoms with Crippen molar-refractivity contribution in [1.29, 1.82) is 0 Å². The van der Waals surface area contributed by atoms with Crippen molar-refractivity contribution >= 4 is 0 Å². The SMILES string of the molecule is C=CCC1=C(N2CC=CN2)OC=CO1. The van der Waals surface area contributed by atoms with Gasteiger partial charge >= 0.3 is 0 Å². The molecule has 1 N–H and O–H groups in total. The number of nitrogens with one attached hydrogen (secondary N) is 1. The normalized spacial score (nSPS) is 19.0. The molecule has 4 heteroatoms. The molecular weight excluding hydrogens is 180 g/mol. The van der Waals surface area contributed by atoms with Gasteiger partial charge in [0.15, 0.2) is 5.76 Å². The van der Waals surface area contributed by atoms with Crippen LogP contribution in [0.5, 0.6) is 0 Å². The quantitative estimate of drug-likeness (QED) is 0.688. The van der Waals surface area contributed by atoms with Crippen molar-refractivity contribution < 1.29 is 9.47 Å². The molecule has 0 atom stereocenters. The lowest BCUT2D eigenvalue weighted by Crippen LogP contribution is -2.31. The van der Waals surface area contributed by atoms with Gasteiger partial charge < -0.3 is 14.9 Å². The maximum Gasteiger partial charge on any atom is 0.253 e. The summed E-state index contributed by atoms with van der Waals surface area (Å²) in [6.07, 6.45) is 9.33. The summed E-state index contributed by atoms with van der Waals surface area (Å²) in [6, 6.07) is 0. The summed E-state index contributed by atoms with van der Waals surface area (Å²) in [5.41, 5.74) is 3.04. The van der Waals surface area contributed by atoms with Crippen LogP contribution in [0.2, 0.25) is 0 Å². The third-order valence-corrected chi connectivity index (χ3v) is 1.90. The van der Waals surface area contributed by atoms with Gasteiger partial charge in [0.1, 0.15) is 12.5 Å². The van der Waals surface area contributed by atoms with Gasteiger partial charge in [-0.1, -0.05) is 6.08 Å². The average molecular weight is 192 g/mol. The molecule has 0 fully saturated rings. The van der Waals surface area contributed by atoms with E-state index in [0.29, 0.717) is 12.3 Å². The Bertz CT molecular complexity index is 306. The largest absolute Gasteiger partial charge is 0.460 e. The van der Waals surface area contributed by atoms with Gasteiger partial charge in [-0.15, -0.1) is 6.58 Å². The van der Waals surface area contributed by atoms with E-state index >= 15 is 0 Å². The molecule has 4 nitrogen and oxygen atoms in total. The molecule has 0 aromatic rings. The fourth-order valence-corrected chi connectivity index (χ4v) is 1.29. The molecule has 0 saturated heterocycles. The number of hydrogen-bond donors (Lipinski definition) is 1. The first kappa shape index (κ1) is 8.74. The molecule has 2 aliphatic heterocycles. The Hall–Kier alpha value is -1.84. The van der Waals surface area contributed by atoms with E-state index in [2.05, 4.69) is 12.0 Å². The van der Waals surface area contributed by atoms with Gasteiger partial charge in [0, 0.05) is 12.6 Å². The minimum atomic E-state index is 0.651. The van der Waals surface area contributed by atoms with Crippen LogP contribution in [0.1, 0.15) is 6.42 Å². The molecule has 0 bridgehead atoms. The minimum absolute atomic E-state index is 0.651. The second kappa shape index (κ2) is 3.91. The van der Waals surface area contributed by atoms with Crippen molar-refractivity contribution in [3.63, 3.8) is 0 Å². The van der Waals surface area contributed by atoms with Gasteiger partial charge in [0.25, 0.3) is 5.88 Å². The second-order valence-electron chi connectivity index (χ2n) is 2.87. The van der Waals surface area contributed by atoms with E-state index in [1.165, 1.54) is 12.5 Å². The number of ether oxygens (including phenoxy) is 2. The van der Waals surface area contributed by atoms with E-state index in [0.717, 1.165) is 12.3 Å². The number of nitrogens with zero attached hydrogens (tertiary/aromatic N) is 1. The zero-order chi connectivity index (χ0) is 9.80. The van der Waals surface area contributed by atoms with Crippen molar-refractivity contribution in [2.75, 3.05) is 6.54 Å². The van der Waals surface area contributed by atoms with Crippen LogP contribution in [0.3, 0.4) is 0 Å². The fraction of sp³-hybridized carbons (Fsp3) is 0.200.